The number of rotatable bonds is 3. The number of pyridine rings is 1. The molecule has 0 aliphatic rings. The minimum Gasteiger partial charge on any atom is -0.464 e. The normalized spacial score (nSPS) is 11.9. The second-order valence-corrected chi connectivity index (χ2v) is 4.33. The van der Waals surface area contributed by atoms with Crippen LogP contribution >= 0.6 is 0 Å². The van der Waals surface area contributed by atoms with Crippen LogP contribution in [0, 0.1) is 0 Å². The summed E-state index contributed by atoms with van der Waals surface area (Å²) in [5, 5.41) is 4.21. The number of fused-ring (bicyclic) bond motifs is 1. The van der Waals surface area contributed by atoms with Crippen LogP contribution in [0.25, 0.3) is 11.0 Å². The van der Waals surface area contributed by atoms with Crippen LogP contribution in [0.1, 0.15) is 13.8 Å². The zero-order valence-corrected chi connectivity index (χ0v) is 8.95. The topological polar surface area (TPSA) is 64.1 Å². The third-order valence-corrected chi connectivity index (χ3v) is 2.09. The van der Waals surface area contributed by atoms with Crippen molar-refractivity contribution in [1.82, 2.24) is 4.98 Å². The second-order valence-electron chi connectivity index (χ2n) is 4.33. The van der Waals surface area contributed by atoms with Crippen molar-refractivity contribution in [2.45, 2.75) is 19.4 Å². The number of nitrogens with one attached hydrogen (secondary N) is 1. The van der Waals surface area contributed by atoms with E-state index in [0.717, 1.165) is 16.8 Å². The maximum absolute atomic E-state index is 5.89. The number of anilines is 1. The molecule has 0 spiro atoms. The Kier molecular flexibility index (Phi) is 2.36. The molecule has 0 fully saturated rings. The minimum atomic E-state index is -0.256. The number of aromatic nitrogens is 1. The zero-order valence-electron chi connectivity index (χ0n) is 8.95. The first kappa shape index (κ1) is 9.98. The van der Waals surface area contributed by atoms with E-state index in [1.54, 1.807) is 12.5 Å². The molecule has 0 aliphatic heterocycles. The number of furan rings is 1. The Morgan fingerprint density at radius 1 is 1.47 bits per heavy atom. The average Bonchev–Trinajstić information content (AvgIpc) is 2.61. The van der Waals surface area contributed by atoms with E-state index in [1.807, 2.05) is 26.0 Å². The summed E-state index contributed by atoms with van der Waals surface area (Å²) in [6.07, 6.45) is 3.38. The highest BCUT2D eigenvalue weighted by Crippen LogP contribution is 2.21. The summed E-state index contributed by atoms with van der Waals surface area (Å²) < 4.78 is 5.28. The molecule has 4 heteroatoms. The Morgan fingerprint density at radius 3 is 3.00 bits per heavy atom. The van der Waals surface area contributed by atoms with Crippen molar-refractivity contribution in [3.8, 4) is 0 Å². The molecule has 2 aromatic heterocycles. The van der Waals surface area contributed by atoms with Gasteiger partial charge in [0.2, 0.25) is 0 Å². The van der Waals surface area contributed by atoms with Crippen molar-refractivity contribution in [1.29, 1.82) is 0 Å². The van der Waals surface area contributed by atoms with Gasteiger partial charge < -0.3 is 15.5 Å². The number of hydrogen-bond donors (Lipinski definition) is 2. The van der Waals surface area contributed by atoms with Gasteiger partial charge in [0.05, 0.1) is 11.6 Å². The fourth-order valence-corrected chi connectivity index (χ4v) is 1.35. The Bertz CT molecular complexity index is 456. The van der Waals surface area contributed by atoms with Crippen molar-refractivity contribution >= 4 is 16.8 Å². The summed E-state index contributed by atoms with van der Waals surface area (Å²) in [5.74, 6) is 0.819. The van der Waals surface area contributed by atoms with Crippen molar-refractivity contribution in [2.24, 2.45) is 5.73 Å². The van der Waals surface area contributed by atoms with E-state index in [4.69, 9.17) is 10.2 Å². The van der Waals surface area contributed by atoms with E-state index in [9.17, 15) is 0 Å². The molecule has 0 amide bonds. The fourth-order valence-electron chi connectivity index (χ4n) is 1.35. The van der Waals surface area contributed by atoms with Crippen molar-refractivity contribution in [2.75, 3.05) is 11.9 Å². The summed E-state index contributed by atoms with van der Waals surface area (Å²) in [4.78, 5) is 4.26. The van der Waals surface area contributed by atoms with Crippen LogP contribution in [0.2, 0.25) is 0 Å². The molecule has 0 bridgehead atoms. The zero-order chi connectivity index (χ0) is 10.9. The molecule has 0 aromatic carbocycles. The third-order valence-electron chi connectivity index (χ3n) is 2.09. The van der Waals surface area contributed by atoms with Crippen molar-refractivity contribution in [3.63, 3.8) is 0 Å². The maximum Gasteiger partial charge on any atom is 0.139 e. The molecule has 0 unspecified atom stereocenters. The summed E-state index contributed by atoms with van der Waals surface area (Å²) in [5.41, 5.74) is 6.47. The molecular formula is C11H15N3O. The largest absolute Gasteiger partial charge is 0.464 e. The fraction of sp³-hybridized carbons (Fsp3) is 0.364. The first-order valence-electron chi connectivity index (χ1n) is 4.91. The number of nitrogens with zero attached hydrogens (tertiary/aromatic N) is 1. The van der Waals surface area contributed by atoms with Crippen LogP contribution in [0.4, 0.5) is 5.82 Å². The molecule has 2 heterocycles. The molecule has 0 radical (unpaired) electrons. The first-order chi connectivity index (χ1) is 7.06. The lowest BCUT2D eigenvalue weighted by atomic mass is 10.1. The van der Waals surface area contributed by atoms with E-state index in [2.05, 4.69) is 10.3 Å². The molecule has 2 rings (SSSR count). The van der Waals surface area contributed by atoms with Gasteiger partial charge in [0.15, 0.2) is 0 Å². The second kappa shape index (κ2) is 3.55. The predicted octanol–water partition coefficient (Wildman–Crippen LogP) is 1.98. The molecule has 0 atom stereocenters. The van der Waals surface area contributed by atoms with E-state index in [0.29, 0.717) is 6.54 Å². The van der Waals surface area contributed by atoms with Gasteiger partial charge in [0.1, 0.15) is 11.4 Å². The van der Waals surface area contributed by atoms with Gasteiger partial charge in [-0.25, -0.2) is 4.98 Å². The lowest BCUT2D eigenvalue weighted by Gasteiger charge is -2.19. The lowest BCUT2D eigenvalue weighted by molar-refractivity contribution is 0.549. The SMILES string of the molecule is CC(C)(N)CNc1nccc2occc12. The highest BCUT2D eigenvalue weighted by atomic mass is 16.3. The van der Waals surface area contributed by atoms with Gasteiger partial charge in [0.25, 0.3) is 0 Å². The van der Waals surface area contributed by atoms with Crippen LogP contribution in [-0.2, 0) is 0 Å². The molecule has 15 heavy (non-hydrogen) atoms. The van der Waals surface area contributed by atoms with E-state index in [1.165, 1.54) is 0 Å². The lowest BCUT2D eigenvalue weighted by Crippen LogP contribution is -2.39. The highest BCUT2D eigenvalue weighted by molar-refractivity contribution is 5.87. The molecule has 0 aliphatic carbocycles. The molecular weight excluding hydrogens is 190 g/mol. The number of hydrogen-bond acceptors (Lipinski definition) is 4. The predicted molar refractivity (Wildman–Crippen MR) is 60.8 cm³/mol. The third kappa shape index (κ3) is 2.27. The van der Waals surface area contributed by atoms with Crippen LogP contribution < -0.4 is 11.1 Å². The molecule has 0 saturated heterocycles. The van der Waals surface area contributed by atoms with Gasteiger partial charge >= 0.3 is 0 Å². The molecule has 4 nitrogen and oxygen atoms in total. The van der Waals surface area contributed by atoms with Crippen LogP contribution in [-0.4, -0.2) is 17.1 Å². The quantitative estimate of drug-likeness (QED) is 0.804. The monoisotopic (exact) mass is 205 g/mol. The summed E-state index contributed by atoms with van der Waals surface area (Å²) in [6.45, 7) is 4.61. The maximum atomic E-state index is 5.89. The van der Waals surface area contributed by atoms with Gasteiger partial charge in [-0.3, -0.25) is 0 Å². The standard InChI is InChI=1S/C11H15N3O/c1-11(2,12)7-14-10-8-4-6-15-9(8)3-5-13-10/h3-6H,7,12H2,1-2H3,(H,13,14). The average molecular weight is 205 g/mol. The van der Waals surface area contributed by atoms with Crippen LogP contribution in [0.15, 0.2) is 29.0 Å². The Labute approximate surface area is 88.5 Å². The smallest absolute Gasteiger partial charge is 0.139 e. The Morgan fingerprint density at radius 2 is 2.27 bits per heavy atom. The number of nitrogens with two attached hydrogens (primary N) is 1. The van der Waals surface area contributed by atoms with E-state index in [-0.39, 0.29) is 5.54 Å². The molecule has 0 saturated carbocycles. The Balaban J connectivity index is 2.24. The van der Waals surface area contributed by atoms with E-state index >= 15 is 0 Å². The highest BCUT2D eigenvalue weighted by Gasteiger charge is 2.11. The van der Waals surface area contributed by atoms with E-state index < -0.39 is 0 Å². The summed E-state index contributed by atoms with van der Waals surface area (Å²) in [7, 11) is 0. The van der Waals surface area contributed by atoms with Crippen molar-refractivity contribution < 1.29 is 4.42 Å². The first-order valence-corrected chi connectivity index (χ1v) is 4.91. The van der Waals surface area contributed by atoms with Crippen LogP contribution in [0.3, 0.4) is 0 Å². The van der Waals surface area contributed by atoms with Crippen molar-refractivity contribution in [3.05, 3.63) is 24.6 Å². The van der Waals surface area contributed by atoms with Crippen LogP contribution in [0.5, 0.6) is 0 Å². The molecule has 80 valence electrons. The minimum absolute atomic E-state index is 0.256. The van der Waals surface area contributed by atoms with Gasteiger partial charge in [-0.1, -0.05) is 0 Å². The summed E-state index contributed by atoms with van der Waals surface area (Å²) in [6, 6.07) is 3.74. The molecule has 2 aromatic rings. The van der Waals surface area contributed by atoms with Gasteiger partial charge in [-0.15, -0.1) is 0 Å². The Hall–Kier alpha value is -1.55. The van der Waals surface area contributed by atoms with Gasteiger partial charge in [-0.05, 0) is 26.0 Å². The molecule has 3 N–H and O–H groups in total. The van der Waals surface area contributed by atoms with Gasteiger partial charge in [0, 0.05) is 18.3 Å². The summed E-state index contributed by atoms with van der Waals surface area (Å²) >= 11 is 0. The van der Waals surface area contributed by atoms with Gasteiger partial charge in [-0.2, -0.15) is 0 Å².